The smallest absolute Gasteiger partial charge is 0.270 e. The van der Waals surface area contributed by atoms with Gasteiger partial charge in [-0.05, 0) is 12.5 Å². The standard InChI is InChI=1S/C14H23N5O2/c1-17(2)13(20)10-18-4-3-5-19(7-6-18)14(21)12-8-11(15)9-16-12/h8-9,16H,3-7,10,15H2,1-2H3. The molecule has 0 spiro atoms. The van der Waals surface area contributed by atoms with Crippen molar-refractivity contribution in [3.8, 4) is 0 Å². The maximum atomic E-state index is 12.3. The summed E-state index contributed by atoms with van der Waals surface area (Å²) in [6.45, 7) is 3.27. The van der Waals surface area contributed by atoms with Gasteiger partial charge in [-0.25, -0.2) is 0 Å². The van der Waals surface area contributed by atoms with E-state index >= 15 is 0 Å². The van der Waals surface area contributed by atoms with Gasteiger partial charge in [0.25, 0.3) is 5.91 Å². The molecule has 0 aromatic carbocycles. The first-order valence-electron chi connectivity index (χ1n) is 7.13. The first-order valence-corrected chi connectivity index (χ1v) is 7.13. The zero-order valence-corrected chi connectivity index (χ0v) is 12.6. The second-order valence-corrected chi connectivity index (χ2v) is 5.56. The lowest BCUT2D eigenvalue weighted by Crippen LogP contribution is -2.39. The van der Waals surface area contributed by atoms with Crippen molar-refractivity contribution in [2.75, 3.05) is 52.6 Å². The molecule has 0 radical (unpaired) electrons. The van der Waals surface area contributed by atoms with E-state index in [2.05, 4.69) is 9.88 Å². The lowest BCUT2D eigenvalue weighted by molar-refractivity contribution is -0.129. The minimum Gasteiger partial charge on any atom is -0.397 e. The van der Waals surface area contributed by atoms with Crippen molar-refractivity contribution in [3.63, 3.8) is 0 Å². The molecule has 21 heavy (non-hydrogen) atoms. The highest BCUT2D eigenvalue weighted by atomic mass is 16.2. The predicted molar refractivity (Wildman–Crippen MR) is 80.9 cm³/mol. The van der Waals surface area contributed by atoms with E-state index in [1.165, 1.54) is 0 Å². The molecule has 0 aliphatic carbocycles. The maximum absolute atomic E-state index is 12.3. The van der Waals surface area contributed by atoms with Crippen LogP contribution in [0, 0.1) is 0 Å². The van der Waals surface area contributed by atoms with E-state index in [1.54, 1.807) is 31.3 Å². The molecule has 2 heterocycles. The van der Waals surface area contributed by atoms with E-state index in [1.807, 2.05) is 4.90 Å². The molecular formula is C14H23N5O2. The molecule has 1 aliphatic heterocycles. The first-order chi connectivity index (χ1) is 9.97. The molecule has 7 nitrogen and oxygen atoms in total. The lowest BCUT2D eigenvalue weighted by atomic mass is 10.3. The molecule has 0 unspecified atom stereocenters. The Labute approximate surface area is 124 Å². The van der Waals surface area contributed by atoms with Crippen LogP contribution < -0.4 is 5.73 Å². The third kappa shape index (κ3) is 3.98. The number of aromatic nitrogens is 1. The fraction of sp³-hybridized carbons (Fsp3) is 0.571. The molecule has 2 amide bonds. The number of likely N-dealkylation sites (N-methyl/N-ethyl adjacent to an activating group) is 1. The van der Waals surface area contributed by atoms with Gasteiger partial charge in [0.05, 0.1) is 6.54 Å². The number of rotatable bonds is 3. The molecule has 0 bridgehead atoms. The Morgan fingerprint density at radius 3 is 2.67 bits per heavy atom. The molecule has 1 aromatic rings. The summed E-state index contributed by atoms with van der Waals surface area (Å²) in [5.74, 6) is 0.0550. The molecule has 116 valence electrons. The number of hydrogen-bond donors (Lipinski definition) is 2. The van der Waals surface area contributed by atoms with Crippen LogP contribution in [-0.2, 0) is 4.79 Å². The highest BCUT2D eigenvalue weighted by Gasteiger charge is 2.22. The van der Waals surface area contributed by atoms with Gasteiger partial charge in [-0.3, -0.25) is 14.5 Å². The molecule has 1 saturated heterocycles. The van der Waals surface area contributed by atoms with Crippen LogP contribution in [0.25, 0.3) is 0 Å². The number of carbonyl (C=O) groups excluding carboxylic acids is 2. The Bertz CT molecular complexity index is 511. The third-order valence-electron chi connectivity index (χ3n) is 3.67. The molecule has 2 rings (SSSR count). The number of nitrogens with two attached hydrogens (primary N) is 1. The summed E-state index contributed by atoms with van der Waals surface area (Å²) < 4.78 is 0. The van der Waals surface area contributed by atoms with Crippen LogP contribution in [0.4, 0.5) is 5.69 Å². The quantitative estimate of drug-likeness (QED) is 0.810. The average Bonchev–Trinajstić information content (AvgIpc) is 2.74. The van der Waals surface area contributed by atoms with Crippen molar-refractivity contribution < 1.29 is 9.59 Å². The molecule has 3 N–H and O–H groups in total. The van der Waals surface area contributed by atoms with Crippen LogP contribution in [-0.4, -0.2) is 78.3 Å². The van der Waals surface area contributed by atoms with E-state index in [-0.39, 0.29) is 11.8 Å². The zero-order valence-electron chi connectivity index (χ0n) is 12.6. The lowest BCUT2D eigenvalue weighted by Gasteiger charge is -2.22. The highest BCUT2D eigenvalue weighted by molar-refractivity contribution is 5.93. The summed E-state index contributed by atoms with van der Waals surface area (Å²) in [5, 5.41) is 0. The van der Waals surface area contributed by atoms with Crippen molar-refractivity contribution in [2.45, 2.75) is 6.42 Å². The van der Waals surface area contributed by atoms with Gasteiger partial charge in [-0.1, -0.05) is 0 Å². The summed E-state index contributed by atoms with van der Waals surface area (Å²) >= 11 is 0. The summed E-state index contributed by atoms with van der Waals surface area (Å²) in [5.41, 5.74) is 6.71. The van der Waals surface area contributed by atoms with Crippen molar-refractivity contribution in [1.82, 2.24) is 19.7 Å². The number of aromatic amines is 1. The van der Waals surface area contributed by atoms with Crippen LogP contribution >= 0.6 is 0 Å². The molecule has 1 aliphatic rings. The van der Waals surface area contributed by atoms with E-state index in [4.69, 9.17) is 5.73 Å². The van der Waals surface area contributed by atoms with Crippen LogP contribution in [0.5, 0.6) is 0 Å². The van der Waals surface area contributed by atoms with Gasteiger partial charge in [0.2, 0.25) is 5.91 Å². The van der Waals surface area contributed by atoms with Crippen LogP contribution in [0.1, 0.15) is 16.9 Å². The third-order valence-corrected chi connectivity index (χ3v) is 3.67. The Kier molecular flexibility index (Phi) is 4.85. The van der Waals surface area contributed by atoms with Gasteiger partial charge in [0.1, 0.15) is 5.69 Å². The number of nitrogen functional groups attached to an aromatic ring is 1. The number of nitrogens with one attached hydrogen (secondary N) is 1. The number of nitrogens with zero attached hydrogens (tertiary/aromatic N) is 3. The summed E-state index contributed by atoms with van der Waals surface area (Å²) in [4.78, 5) is 32.5. The number of carbonyl (C=O) groups is 2. The first kappa shape index (κ1) is 15.4. The second-order valence-electron chi connectivity index (χ2n) is 5.56. The minimum absolute atomic E-state index is 0.0347. The Morgan fingerprint density at radius 1 is 1.29 bits per heavy atom. The SMILES string of the molecule is CN(C)C(=O)CN1CCCN(C(=O)c2cc(N)c[nH]2)CC1. The molecule has 7 heteroatoms. The van der Waals surface area contributed by atoms with Crippen molar-refractivity contribution in [1.29, 1.82) is 0 Å². The summed E-state index contributed by atoms with van der Waals surface area (Å²) in [6.07, 6.45) is 2.48. The van der Waals surface area contributed by atoms with Gasteiger partial charge in [0.15, 0.2) is 0 Å². The summed E-state index contributed by atoms with van der Waals surface area (Å²) in [6, 6.07) is 1.65. The van der Waals surface area contributed by atoms with E-state index in [0.29, 0.717) is 37.6 Å². The van der Waals surface area contributed by atoms with Gasteiger partial charge < -0.3 is 20.5 Å². The Morgan fingerprint density at radius 2 is 2.05 bits per heavy atom. The van der Waals surface area contributed by atoms with E-state index in [0.717, 1.165) is 13.0 Å². The largest absolute Gasteiger partial charge is 0.397 e. The molecular weight excluding hydrogens is 270 g/mol. The number of hydrogen-bond acceptors (Lipinski definition) is 4. The van der Waals surface area contributed by atoms with Crippen LogP contribution in [0.2, 0.25) is 0 Å². The van der Waals surface area contributed by atoms with Gasteiger partial charge in [0, 0.05) is 52.2 Å². The Hall–Kier alpha value is -2.02. The highest BCUT2D eigenvalue weighted by Crippen LogP contribution is 2.11. The molecule has 0 atom stereocenters. The Balaban J connectivity index is 1.91. The molecule has 0 saturated carbocycles. The number of H-pyrrole nitrogens is 1. The van der Waals surface area contributed by atoms with E-state index < -0.39 is 0 Å². The number of amides is 2. The fourth-order valence-electron chi connectivity index (χ4n) is 2.37. The van der Waals surface area contributed by atoms with Crippen LogP contribution in [0.3, 0.4) is 0 Å². The van der Waals surface area contributed by atoms with E-state index in [9.17, 15) is 9.59 Å². The zero-order chi connectivity index (χ0) is 15.4. The fourth-order valence-corrected chi connectivity index (χ4v) is 2.37. The van der Waals surface area contributed by atoms with Crippen molar-refractivity contribution in [2.24, 2.45) is 0 Å². The van der Waals surface area contributed by atoms with Gasteiger partial charge in [-0.2, -0.15) is 0 Å². The summed E-state index contributed by atoms with van der Waals surface area (Å²) in [7, 11) is 3.51. The van der Waals surface area contributed by atoms with Gasteiger partial charge in [-0.15, -0.1) is 0 Å². The average molecular weight is 293 g/mol. The predicted octanol–water partition coefficient (Wildman–Crippen LogP) is -0.167. The second kappa shape index (κ2) is 6.62. The van der Waals surface area contributed by atoms with Crippen molar-refractivity contribution >= 4 is 17.5 Å². The maximum Gasteiger partial charge on any atom is 0.270 e. The van der Waals surface area contributed by atoms with Crippen LogP contribution in [0.15, 0.2) is 12.3 Å². The molecule has 1 aromatic heterocycles. The monoisotopic (exact) mass is 293 g/mol. The van der Waals surface area contributed by atoms with Crippen molar-refractivity contribution in [3.05, 3.63) is 18.0 Å². The number of anilines is 1. The van der Waals surface area contributed by atoms with Gasteiger partial charge >= 0.3 is 0 Å². The normalized spacial score (nSPS) is 16.6. The minimum atomic E-state index is -0.0347. The molecule has 1 fully saturated rings. The topological polar surface area (TPSA) is 85.7 Å².